The summed E-state index contributed by atoms with van der Waals surface area (Å²) in [6, 6.07) is 0.281. The van der Waals surface area contributed by atoms with Crippen LogP contribution in [0.5, 0.6) is 5.88 Å². The molecule has 1 aromatic heterocycles. The smallest absolute Gasteiger partial charge is 0.291 e. The number of hydrogen-bond acceptors (Lipinski definition) is 7. The highest BCUT2D eigenvalue weighted by atomic mass is 35.5. The van der Waals surface area contributed by atoms with E-state index >= 15 is 0 Å². The van der Waals surface area contributed by atoms with Crippen molar-refractivity contribution in [3.05, 3.63) is 5.76 Å². The van der Waals surface area contributed by atoms with Gasteiger partial charge in [-0.15, -0.1) is 36.6 Å². The maximum Gasteiger partial charge on any atom is 0.291 e. The third-order valence-corrected chi connectivity index (χ3v) is 9.52. The van der Waals surface area contributed by atoms with Crippen LogP contribution in [-0.2, 0) is 0 Å². The van der Waals surface area contributed by atoms with E-state index in [0.29, 0.717) is 41.9 Å². The number of thioether (sulfide) groups is 1. The Bertz CT molecular complexity index is 803. The number of ether oxygens (including phenoxy) is 1. The predicted molar refractivity (Wildman–Crippen MR) is 139 cm³/mol. The molecule has 5 fully saturated rings. The molecule has 0 atom stereocenters. The van der Waals surface area contributed by atoms with Gasteiger partial charge in [0, 0.05) is 23.3 Å². The van der Waals surface area contributed by atoms with Gasteiger partial charge in [0.05, 0.1) is 6.61 Å². The number of carbonyl (C=O) groups excluding carboxylic acids is 1. The molecule has 5 saturated carbocycles. The molecule has 6 rings (SSSR count). The third kappa shape index (κ3) is 6.00. The Hall–Kier alpha value is -0.670. The lowest BCUT2D eigenvalue weighted by Crippen LogP contribution is -2.55. The standard InChI is InChI=1S/C24H38N4O3S.2ClH/c1-24(2,12-26-25)13-30-23-21(32-18-5-3-4-6-18)20(31-28-23)22(29)27-19-16-8-14-7-15(10-16)11-17(19)9-14;;/h14-19,26H,3-13,25H2,1-2H3,(H,27,29);2*1H. The molecule has 0 unspecified atom stereocenters. The topological polar surface area (TPSA) is 102 Å². The quantitative estimate of drug-likeness (QED) is 0.303. The second-order valence-corrected chi connectivity index (χ2v) is 12.7. The molecule has 5 aliphatic rings. The van der Waals surface area contributed by atoms with Crippen LogP contribution in [0.3, 0.4) is 0 Å². The first-order valence-corrected chi connectivity index (χ1v) is 13.3. The Balaban J connectivity index is 0.00000162. The number of carbonyl (C=O) groups is 1. The number of amides is 1. The average molecular weight is 536 g/mol. The number of rotatable bonds is 9. The molecule has 1 aromatic rings. The summed E-state index contributed by atoms with van der Waals surface area (Å²) in [6.07, 6.45) is 11.3. The molecule has 4 bridgehead atoms. The number of nitrogens with one attached hydrogen (secondary N) is 2. The minimum atomic E-state index is -0.161. The van der Waals surface area contributed by atoms with Gasteiger partial charge in [0.1, 0.15) is 4.90 Å². The van der Waals surface area contributed by atoms with E-state index in [1.165, 1.54) is 44.9 Å². The van der Waals surface area contributed by atoms with E-state index in [0.717, 1.165) is 29.6 Å². The Morgan fingerprint density at radius 3 is 2.32 bits per heavy atom. The fourth-order valence-electron chi connectivity index (χ4n) is 6.75. The molecule has 4 N–H and O–H groups in total. The number of halogens is 2. The second-order valence-electron chi connectivity index (χ2n) is 11.4. The van der Waals surface area contributed by atoms with Gasteiger partial charge in [-0.3, -0.25) is 16.1 Å². The third-order valence-electron chi connectivity index (χ3n) is 8.12. The molecule has 0 aliphatic heterocycles. The number of aromatic nitrogens is 1. The summed E-state index contributed by atoms with van der Waals surface area (Å²) in [5.74, 6) is 9.20. The van der Waals surface area contributed by atoms with Gasteiger partial charge in [0.2, 0.25) is 5.76 Å². The van der Waals surface area contributed by atoms with Crippen molar-refractivity contribution in [1.82, 2.24) is 15.9 Å². The van der Waals surface area contributed by atoms with E-state index in [4.69, 9.17) is 15.1 Å². The van der Waals surface area contributed by atoms with Gasteiger partial charge in [-0.25, -0.2) is 0 Å². The summed E-state index contributed by atoms with van der Waals surface area (Å²) in [5, 5.41) is 8.07. The first-order chi connectivity index (χ1) is 15.4. The van der Waals surface area contributed by atoms with Crippen molar-refractivity contribution in [2.75, 3.05) is 13.2 Å². The molecule has 7 nitrogen and oxygen atoms in total. The number of hydrogen-bond donors (Lipinski definition) is 3. The van der Waals surface area contributed by atoms with Crippen molar-refractivity contribution in [3.63, 3.8) is 0 Å². The van der Waals surface area contributed by atoms with Gasteiger partial charge in [0.25, 0.3) is 11.8 Å². The van der Waals surface area contributed by atoms with Gasteiger partial charge >= 0.3 is 0 Å². The van der Waals surface area contributed by atoms with Crippen LogP contribution in [0, 0.1) is 29.1 Å². The summed E-state index contributed by atoms with van der Waals surface area (Å²) in [7, 11) is 0. The molecule has 1 amide bonds. The lowest BCUT2D eigenvalue weighted by atomic mass is 9.54. The molecule has 1 heterocycles. The Morgan fingerprint density at radius 2 is 1.74 bits per heavy atom. The maximum atomic E-state index is 13.4. The van der Waals surface area contributed by atoms with E-state index in [1.807, 2.05) is 0 Å². The van der Waals surface area contributed by atoms with Gasteiger partial charge in [-0.2, -0.15) is 0 Å². The maximum absolute atomic E-state index is 13.4. The van der Waals surface area contributed by atoms with Crippen LogP contribution in [0.2, 0.25) is 0 Å². The van der Waals surface area contributed by atoms with Gasteiger partial charge in [-0.1, -0.05) is 26.7 Å². The van der Waals surface area contributed by atoms with E-state index in [-0.39, 0.29) is 42.2 Å². The van der Waals surface area contributed by atoms with Crippen molar-refractivity contribution in [2.45, 2.75) is 87.8 Å². The molecule has 194 valence electrons. The van der Waals surface area contributed by atoms with Gasteiger partial charge < -0.3 is 14.6 Å². The zero-order chi connectivity index (χ0) is 22.3. The van der Waals surface area contributed by atoms with Gasteiger partial charge in [0.15, 0.2) is 0 Å². The number of hydrazine groups is 1. The lowest BCUT2D eigenvalue weighted by Gasteiger charge is -2.54. The molecular formula is C24H40Cl2N4O3S. The first kappa shape index (κ1) is 27.9. The molecule has 5 aliphatic carbocycles. The highest BCUT2D eigenvalue weighted by Crippen LogP contribution is 2.54. The summed E-state index contributed by atoms with van der Waals surface area (Å²) < 4.78 is 11.7. The van der Waals surface area contributed by atoms with Crippen molar-refractivity contribution >= 4 is 42.5 Å². The first-order valence-electron chi connectivity index (χ1n) is 12.5. The highest BCUT2D eigenvalue weighted by Gasteiger charge is 2.49. The van der Waals surface area contributed by atoms with E-state index < -0.39 is 0 Å². The van der Waals surface area contributed by atoms with Crippen LogP contribution in [0.4, 0.5) is 0 Å². The average Bonchev–Trinajstić information content (AvgIpc) is 3.39. The molecular weight excluding hydrogens is 495 g/mol. The summed E-state index contributed by atoms with van der Waals surface area (Å²) in [5.41, 5.74) is 2.56. The molecule has 10 heteroatoms. The molecule has 0 radical (unpaired) electrons. The van der Waals surface area contributed by atoms with Crippen molar-refractivity contribution in [2.24, 2.45) is 34.9 Å². The zero-order valence-corrected chi connectivity index (χ0v) is 22.7. The van der Waals surface area contributed by atoms with Crippen LogP contribution in [0.1, 0.15) is 82.2 Å². The minimum Gasteiger partial charge on any atom is -0.474 e. The van der Waals surface area contributed by atoms with Crippen LogP contribution in [0.25, 0.3) is 0 Å². The largest absolute Gasteiger partial charge is 0.474 e. The summed E-state index contributed by atoms with van der Waals surface area (Å²) in [4.78, 5) is 14.2. The van der Waals surface area contributed by atoms with Crippen LogP contribution in [0.15, 0.2) is 9.42 Å². The fourth-order valence-corrected chi connectivity index (χ4v) is 8.09. The van der Waals surface area contributed by atoms with Crippen LogP contribution in [-0.4, -0.2) is 35.5 Å². The van der Waals surface area contributed by atoms with E-state index in [1.54, 1.807) is 11.8 Å². The Morgan fingerprint density at radius 1 is 1.12 bits per heavy atom. The zero-order valence-electron chi connectivity index (χ0n) is 20.2. The molecule has 0 spiro atoms. The molecule has 34 heavy (non-hydrogen) atoms. The monoisotopic (exact) mass is 534 g/mol. The summed E-state index contributed by atoms with van der Waals surface area (Å²) >= 11 is 1.71. The highest BCUT2D eigenvalue weighted by molar-refractivity contribution is 8.00. The minimum absolute atomic E-state index is 0. The number of nitrogens with two attached hydrogens (primary N) is 1. The molecule has 0 saturated heterocycles. The lowest BCUT2D eigenvalue weighted by molar-refractivity contribution is -0.0124. The molecule has 0 aromatic carbocycles. The predicted octanol–water partition coefficient (Wildman–Crippen LogP) is 4.98. The number of nitrogens with zero attached hydrogens (tertiary/aromatic N) is 1. The van der Waals surface area contributed by atoms with Gasteiger partial charge in [-0.05, 0) is 73.8 Å². The van der Waals surface area contributed by atoms with Crippen LogP contribution >= 0.6 is 36.6 Å². The second kappa shape index (κ2) is 11.6. The van der Waals surface area contributed by atoms with Crippen LogP contribution < -0.4 is 21.3 Å². The SMILES string of the molecule is CC(C)(CNN)COc1noc(C(=O)NC2C3CC4CC(C3)CC2C4)c1SC1CCCC1.Cl.Cl. The summed E-state index contributed by atoms with van der Waals surface area (Å²) in [6.45, 7) is 5.22. The Labute approximate surface area is 219 Å². The van der Waals surface area contributed by atoms with E-state index in [9.17, 15) is 4.79 Å². The van der Waals surface area contributed by atoms with Crippen molar-refractivity contribution in [3.8, 4) is 5.88 Å². The van der Waals surface area contributed by atoms with Crippen molar-refractivity contribution < 1.29 is 14.1 Å². The Kier molecular flexibility index (Phi) is 9.51. The van der Waals surface area contributed by atoms with Crippen molar-refractivity contribution in [1.29, 1.82) is 0 Å². The fraction of sp³-hybridized carbons (Fsp3) is 0.833. The van der Waals surface area contributed by atoms with E-state index in [2.05, 4.69) is 29.7 Å². The normalized spacial score (nSPS) is 30.0.